The van der Waals surface area contributed by atoms with Crippen LogP contribution in [0.2, 0.25) is 0 Å². The molecule has 5 nitrogen and oxygen atoms in total. The molecule has 0 amide bonds. The molecule has 0 aromatic rings. The highest BCUT2D eigenvalue weighted by Gasteiger charge is 2.61. The van der Waals surface area contributed by atoms with Gasteiger partial charge in [0, 0.05) is 17.9 Å². The number of ether oxygens (including phenoxy) is 3. The van der Waals surface area contributed by atoms with E-state index in [1.165, 1.54) is 7.11 Å². The lowest BCUT2D eigenvalue weighted by Crippen LogP contribution is -2.65. The van der Waals surface area contributed by atoms with E-state index in [1.54, 1.807) is 0 Å². The normalized spacial score (nSPS) is 41.0. The van der Waals surface area contributed by atoms with Crippen LogP contribution in [0.4, 0.5) is 0 Å². The van der Waals surface area contributed by atoms with Crippen LogP contribution in [0.15, 0.2) is 0 Å². The minimum atomic E-state index is -0.307. The first kappa shape index (κ1) is 13.9. The Morgan fingerprint density at radius 1 is 1.20 bits per heavy atom. The molecule has 0 unspecified atom stereocenters. The van der Waals surface area contributed by atoms with Crippen molar-refractivity contribution in [3.63, 3.8) is 0 Å². The first-order valence-electron chi connectivity index (χ1n) is 7.36. The Balaban J connectivity index is 1.58. The van der Waals surface area contributed by atoms with Crippen LogP contribution in [-0.2, 0) is 23.8 Å². The highest BCUT2D eigenvalue weighted by molar-refractivity contribution is 5.87. The van der Waals surface area contributed by atoms with E-state index in [4.69, 9.17) is 9.47 Å². The first-order valence-corrected chi connectivity index (χ1v) is 7.36. The van der Waals surface area contributed by atoms with Gasteiger partial charge in [-0.25, -0.2) is 0 Å². The van der Waals surface area contributed by atoms with Gasteiger partial charge in [-0.05, 0) is 19.3 Å². The van der Waals surface area contributed by atoms with Crippen LogP contribution in [0.1, 0.15) is 33.1 Å². The van der Waals surface area contributed by atoms with Gasteiger partial charge in [0.25, 0.3) is 0 Å². The minimum absolute atomic E-state index is 0.0841. The van der Waals surface area contributed by atoms with E-state index in [9.17, 15) is 9.59 Å². The molecule has 2 aliphatic carbocycles. The number of rotatable bonds is 3. The molecular weight excluding hydrogens is 260 g/mol. The fraction of sp³-hybridized carbons (Fsp3) is 0.867. The third kappa shape index (κ3) is 2.03. The summed E-state index contributed by atoms with van der Waals surface area (Å²) in [6.45, 7) is 4.97. The number of fused-ring (bicyclic) bond motifs is 1. The Kier molecular flexibility index (Phi) is 3.27. The zero-order chi connectivity index (χ0) is 14.5. The van der Waals surface area contributed by atoms with Crippen molar-refractivity contribution in [1.29, 1.82) is 0 Å². The zero-order valence-corrected chi connectivity index (χ0v) is 12.3. The smallest absolute Gasteiger partial charge is 0.310 e. The maximum absolute atomic E-state index is 12.1. The van der Waals surface area contributed by atoms with E-state index in [0.717, 1.165) is 19.4 Å². The summed E-state index contributed by atoms with van der Waals surface area (Å²) in [5, 5.41) is 0. The summed E-state index contributed by atoms with van der Waals surface area (Å²) in [6, 6.07) is 0. The van der Waals surface area contributed by atoms with Crippen LogP contribution < -0.4 is 0 Å². The average Bonchev–Trinajstić information content (AvgIpc) is 3.24. The summed E-state index contributed by atoms with van der Waals surface area (Å²) in [6.07, 6.45) is 2.75. The number of carbonyl (C=O) groups is 2. The van der Waals surface area contributed by atoms with Crippen molar-refractivity contribution in [3.05, 3.63) is 0 Å². The lowest BCUT2D eigenvalue weighted by molar-refractivity contribution is -0.255. The Hall–Kier alpha value is -1.10. The van der Waals surface area contributed by atoms with Crippen molar-refractivity contribution in [2.75, 3.05) is 13.7 Å². The van der Waals surface area contributed by atoms with Crippen LogP contribution >= 0.6 is 0 Å². The molecule has 1 aliphatic heterocycles. The maximum Gasteiger partial charge on any atom is 0.310 e. The topological polar surface area (TPSA) is 61.8 Å². The third-order valence-corrected chi connectivity index (χ3v) is 5.06. The van der Waals surface area contributed by atoms with Gasteiger partial charge in [-0.15, -0.1) is 0 Å². The number of carbonyl (C=O) groups excluding carboxylic acids is 2. The summed E-state index contributed by atoms with van der Waals surface area (Å²) >= 11 is 0. The largest absolute Gasteiger partial charge is 0.469 e. The molecule has 20 heavy (non-hydrogen) atoms. The molecule has 3 rings (SSSR count). The molecule has 1 saturated heterocycles. The Morgan fingerprint density at radius 2 is 1.90 bits per heavy atom. The van der Waals surface area contributed by atoms with E-state index in [1.807, 2.05) is 0 Å². The highest BCUT2D eigenvalue weighted by Crippen LogP contribution is 2.54. The standard InChI is InChI=1S/C15H22O5/c1-15(2)11-8(5-4-6-19-11)12(15)20-14(17)10-7-9(10)13(16)18-3/h8-12H,4-7H2,1-3H3/t8-,9+,10-,11-,12+/m0/s1. The third-order valence-electron chi connectivity index (χ3n) is 5.06. The van der Waals surface area contributed by atoms with E-state index in [0.29, 0.717) is 12.3 Å². The summed E-state index contributed by atoms with van der Waals surface area (Å²) in [5.74, 6) is -0.838. The Morgan fingerprint density at radius 3 is 2.60 bits per heavy atom. The van der Waals surface area contributed by atoms with Crippen LogP contribution in [0.25, 0.3) is 0 Å². The molecule has 0 aromatic carbocycles. The van der Waals surface area contributed by atoms with Crippen molar-refractivity contribution < 1.29 is 23.8 Å². The first-order chi connectivity index (χ1) is 9.46. The molecule has 5 heteroatoms. The van der Waals surface area contributed by atoms with Crippen molar-refractivity contribution in [1.82, 2.24) is 0 Å². The summed E-state index contributed by atoms with van der Waals surface area (Å²) in [7, 11) is 1.35. The van der Waals surface area contributed by atoms with Crippen LogP contribution in [0, 0.1) is 23.2 Å². The Bertz CT molecular complexity index is 430. The molecule has 0 radical (unpaired) electrons. The second-order valence-corrected chi connectivity index (χ2v) is 6.75. The molecular formula is C15H22O5. The quantitative estimate of drug-likeness (QED) is 0.735. The van der Waals surface area contributed by atoms with E-state index >= 15 is 0 Å². The number of esters is 2. The Labute approximate surface area is 118 Å². The number of hydrogen-bond acceptors (Lipinski definition) is 5. The molecule has 112 valence electrons. The predicted octanol–water partition coefficient (Wildman–Crippen LogP) is 1.54. The average molecular weight is 282 g/mol. The molecule has 0 aromatic heterocycles. The zero-order valence-electron chi connectivity index (χ0n) is 12.3. The number of hydrogen-bond donors (Lipinski definition) is 0. The molecule has 1 heterocycles. The summed E-state index contributed by atoms with van der Waals surface area (Å²) in [4.78, 5) is 23.5. The van der Waals surface area contributed by atoms with Gasteiger partial charge in [0.2, 0.25) is 0 Å². The van der Waals surface area contributed by atoms with Gasteiger partial charge in [-0.2, -0.15) is 0 Å². The molecule has 3 aliphatic rings. The lowest BCUT2D eigenvalue weighted by Gasteiger charge is -2.58. The van der Waals surface area contributed by atoms with Crippen LogP contribution in [-0.4, -0.2) is 37.9 Å². The van der Waals surface area contributed by atoms with E-state index in [2.05, 4.69) is 18.6 Å². The van der Waals surface area contributed by atoms with E-state index < -0.39 is 0 Å². The van der Waals surface area contributed by atoms with Gasteiger partial charge in [-0.3, -0.25) is 9.59 Å². The summed E-state index contributed by atoms with van der Waals surface area (Å²) in [5.41, 5.74) is -0.129. The second kappa shape index (κ2) is 4.72. The molecule has 0 bridgehead atoms. The van der Waals surface area contributed by atoms with Crippen molar-refractivity contribution in [2.45, 2.75) is 45.3 Å². The van der Waals surface area contributed by atoms with Crippen molar-refractivity contribution >= 4 is 11.9 Å². The SMILES string of the molecule is COC(=O)[C@@H]1C[C@@H]1C(=O)O[C@@H]1[C@H]2CCCO[C@@H]2C1(C)C. The fourth-order valence-electron chi connectivity index (χ4n) is 3.80. The molecule has 3 fully saturated rings. The van der Waals surface area contributed by atoms with Gasteiger partial charge >= 0.3 is 11.9 Å². The predicted molar refractivity (Wildman–Crippen MR) is 69.7 cm³/mol. The molecule has 2 saturated carbocycles. The molecule has 0 N–H and O–H groups in total. The molecule has 0 spiro atoms. The van der Waals surface area contributed by atoms with Gasteiger partial charge in [-0.1, -0.05) is 13.8 Å². The minimum Gasteiger partial charge on any atom is -0.469 e. The van der Waals surface area contributed by atoms with Gasteiger partial charge in [0.15, 0.2) is 0 Å². The van der Waals surface area contributed by atoms with Crippen molar-refractivity contribution in [3.8, 4) is 0 Å². The van der Waals surface area contributed by atoms with Gasteiger partial charge < -0.3 is 14.2 Å². The van der Waals surface area contributed by atoms with E-state index in [-0.39, 0.29) is 41.4 Å². The van der Waals surface area contributed by atoms with Crippen molar-refractivity contribution in [2.24, 2.45) is 23.2 Å². The molecule has 5 atom stereocenters. The summed E-state index contributed by atoms with van der Waals surface area (Å²) < 4.78 is 16.1. The maximum atomic E-state index is 12.1. The lowest BCUT2D eigenvalue weighted by atomic mass is 9.57. The van der Waals surface area contributed by atoms with Crippen LogP contribution in [0.5, 0.6) is 0 Å². The monoisotopic (exact) mass is 282 g/mol. The van der Waals surface area contributed by atoms with Gasteiger partial charge in [0.1, 0.15) is 6.10 Å². The number of methoxy groups -OCH3 is 1. The van der Waals surface area contributed by atoms with Crippen LogP contribution in [0.3, 0.4) is 0 Å². The van der Waals surface area contributed by atoms with Gasteiger partial charge in [0.05, 0.1) is 25.0 Å². The highest BCUT2D eigenvalue weighted by atomic mass is 16.6. The second-order valence-electron chi connectivity index (χ2n) is 6.75. The fourth-order valence-corrected chi connectivity index (χ4v) is 3.80.